The number of nitrogen functional groups attached to an aromatic ring is 1. The largest absolute Gasteiger partial charge is 0.454 e. The van der Waals surface area contributed by atoms with E-state index in [0.717, 1.165) is 22.7 Å². The van der Waals surface area contributed by atoms with Gasteiger partial charge in [0.25, 0.3) is 0 Å². The molecule has 0 unspecified atom stereocenters. The maximum Gasteiger partial charge on any atom is 0.231 e. The normalized spacial score (nSPS) is 11.9. The van der Waals surface area contributed by atoms with E-state index in [9.17, 15) is 0 Å². The second-order valence-electron chi connectivity index (χ2n) is 4.46. The number of benzene rings is 2. The van der Waals surface area contributed by atoms with Crippen LogP contribution < -0.4 is 20.5 Å². The fraction of sp³-hybridized carbons (Fsp3) is 0.133. The Hall–Kier alpha value is -2.87. The molecule has 20 heavy (non-hydrogen) atoms. The number of hydrogen-bond donors (Lipinski definition) is 2. The third-order valence-corrected chi connectivity index (χ3v) is 3.11. The fourth-order valence-corrected chi connectivity index (χ4v) is 2.03. The minimum atomic E-state index is 0.276. The number of nitrogens with one attached hydrogen (secondary N) is 1. The number of nitriles is 1. The van der Waals surface area contributed by atoms with Crippen LogP contribution in [0.1, 0.15) is 11.1 Å². The van der Waals surface area contributed by atoms with Crippen molar-refractivity contribution in [3.05, 3.63) is 47.5 Å². The van der Waals surface area contributed by atoms with Crippen molar-refractivity contribution in [3.63, 3.8) is 0 Å². The summed E-state index contributed by atoms with van der Waals surface area (Å²) in [6, 6.07) is 13.2. The van der Waals surface area contributed by atoms with Crippen LogP contribution in [0.2, 0.25) is 0 Å². The molecule has 3 rings (SSSR count). The summed E-state index contributed by atoms with van der Waals surface area (Å²) in [7, 11) is 0. The fourth-order valence-electron chi connectivity index (χ4n) is 2.03. The smallest absolute Gasteiger partial charge is 0.231 e. The molecule has 0 fully saturated rings. The summed E-state index contributed by atoms with van der Waals surface area (Å²) in [5, 5.41) is 12.1. The first-order valence-electron chi connectivity index (χ1n) is 6.18. The van der Waals surface area contributed by atoms with Crippen molar-refractivity contribution >= 4 is 11.4 Å². The van der Waals surface area contributed by atoms with Gasteiger partial charge in [0.05, 0.1) is 11.3 Å². The summed E-state index contributed by atoms with van der Waals surface area (Å²) < 4.78 is 10.6. The van der Waals surface area contributed by atoms with Crippen molar-refractivity contribution in [2.24, 2.45) is 0 Å². The molecule has 0 saturated carbocycles. The van der Waals surface area contributed by atoms with Crippen molar-refractivity contribution in [2.75, 3.05) is 17.8 Å². The molecule has 0 bridgehead atoms. The first-order valence-corrected chi connectivity index (χ1v) is 6.18. The van der Waals surface area contributed by atoms with E-state index in [1.54, 1.807) is 12.1 Å². The molecule has 0 aliphatic carbocycles. The van der Waals surface area contributed by atoms with E-state index in [4.69, 9.17) is 20.5 Å². The number of nitrogens with two attached hydrogens (primary N) is 1. The Morgan fingerprint density at radius 3 is 2.80 bits per heavy atom. The van der Waals surface area contributed by atoms with Gasteiger partial charge in [-0.1, -0.05) is 6.07 Å². The van der Waals surface area contributed by atoms with Gasteiger partial charge in [0.15, 0.2) is 11.5 Å². The quantitative estimate of drug-likeness (QED) is 0.835. The highest BCUT2D eigenvalue weighted by molar-refractivity contribution is 5.62. The van der Waals surface area contributed by atoms with Crippen LogP contribution in [0.4, 0.5) is 11.4 Å². The van der Waals surface area contributed by atoms with Gasteiger partial charge < -0.3 is 20.5 Å². The van der Waals surface area contributed by atoms with Crippen molar-refractivity contribution in [3.8, 4) is 17.6 Å². The molecule has 2 aromatic carbocycles. The lowest BCUT2D eigenvalue weighted by Gasteiger charge is -2.08. The molecule has 0 saturated heterocycles. The van der Waals surface area contributed by atoms with Gasteiger partial charge in [-0.3, -0.25) is 0 Å². The zero-order chi connectivity index (χ0) is 13.9. The molecule has 2 aromatic rings. The molecular weight excluding hydrogens is 254 g/mol. The Kier molecular flexibility index (Phi) is 3.05. The van der Waals surface area contributed by atoms with Gasteiger partial charge in [-0.15, -0.1) is 0 Å². The molecule has 100 valence electrons. The van der Waals surface area contributed by atoms with Gasteiger partial charge in [-0.05, 0) is 35.9 Å². The second kappa shape index (κ2) is 5.02. The van der Waals surface area contributed by atoms with Gasteiger partial charge >= 0.3 is 0 Å². The highest BCUT2D eigenvalue weighted by Gasteiger charge is 2.12. The Morgan fingerprint density at radius 2 is 2.00 bits per heavy atom. The molecule has 0 aromatic heterocycles. The van der Waals surface area contributed by atoms with Crippen molar-refractivity contribution < 1.29 is 9.47 Å². The third-order valence-electron chi connectivity index (χ3n) is 3.11. The van der Waals surface area contributed by atoms with E-state index in [1.165, 1.54) is 0 Å². The van der Waals surface area contributed by atoms with Gasteiger partial charge in [-0.25, -0.2) is 0 Å². The first-order chi connectivity index (χ1) is 9.76. The third kappa shape index (κ3) is 2.31. The van der Waals surface area contributed by atoms with Crippen LogP contribution in [-0.4, -0.2) is 6.79 Å². The van der Waals surface area contributed by atoms with Crippen LogP contribution in [-0.2, 0) is 6.54 Å². The number of ether oxygens (including phenoxy) is 2. The summed E-state index contributed by atoms with van der Waals surface area (Å²) >= 11 is 0. The predicted octanol–water partition coefficient (Wildman–Crippen LogP) is 2.48. The molecule has 0 spiro atoms. The molecule has 5 nitrogen and oxygen atoms in total. The topological polar surface area (TPSA) is 80.3 Å². The maximum absolute atomic E-state index is 8.83. The molecule has 1 aliphatic heterocycles. The van der Waals surface area contributed by atoms with E-state index in [1.807, 2.05) is 30.3 Å². The number of nitrogens with zero attached hydrogens (tertiary/aromatic N) is 1. The lowest BCUT2D eigenvalue weighted by molar-refractivity contribution is 0.174. The summed E-state index contributed by atoms with van der Waals surface area (Å²) in [5.74, 6) is 1.54. The highest BCUT2D eigenvalue weighted by Crippen LogP contribution is 2.32. The lowest BCUT2D eigenvalue weighted by atomic mass is 10.1. The number of anilines is 2. The molecular formula is C15H13N3O2. The van der Waals surface area contributed by atoms with E-state index in [0.29, 0.717) is 17.8 Å². The average molecular weight is 267 g/mol. The van der Waals surface area contributed by atoms with Gasteiger partial charge in [0.1, 0.15) is 6.07 Å². The van der Waals surface area contributed by atoms with Gasteiger partial charge in [0, 0.05) is 12.2 Å². The van der Waals surface area contributed by atoms with Crippen molar-refractivity contribution in [2.45, 2.75) is 6.54 Å². The van der Waals surface area contributed by atoms with Crippen molar-refractivity contribution in [1.82, 2.24) is 0 Å². The molecule has 5 heteroatoms. The lowest BCUT2D eigenvalue weighted by Crippen LogP contribution is -2.00. The van der Waals surface area contributed by atoms with Gasteiger partial charge in [0.2, 0.25) is 6.79 Å². The van der Waals surface area contributed by atoms with Crippen LogP contribution in [0.5, 0.6) is 11.5 Å². The summed E-state index contributed by atoms with van der Waals surface area (Å²) in [6.07, 6.45) is 0. The molecule has 0 radical (unpaired) electrons. The molecule has 3 N–H and O–H groups in total. The van der Waals surface area contributed by atoms with Crippen LogP contribution >= 0.6 is 0 Å². The zero-order valence-corrected chi connectivity index (χ0v) is 10.7. The summed E-state index contributed by atoms with van der Waals surface area (Å²) in [6.45, 7) is 0.917. The predicted molar refractivity (Wildman–Crippen MR) is 75.5 cm³/mol. The maximum atomic E-state index is 8.83. The van der Waals surface area contributed by atoms with Crippen LogP contribution in [0.3, 0.4) is 0 Å². The molecule has 0 amide bonds. The molecule has 1 aliphatic rings. The Bertz CT molecular complexity index is 681. The monoisotopic (exact) mass is 267 g/mol. The summed E-state index contributed by atoms with van der Waals surface area (Å²) in [5.41, 5.74) is 8.69. The minimum Gasteiger partial charge on any atom is -0.454 e. The average Bonchev–Trinajstić information content (AvgIpc) is 2.92. The molecule has 1 heterocycles. The van der Waals surface area contributed by atoms with Gasteiger partial charge in [-0.2, -0.15) is 5.26 Å². The molecule has 0 atom stereocenters. The Labute approximate surface area is 116 Å². The van der Waals surface area contributed by atoms with E-state index in [-0.39, 0.29) is 6.79 Å². The number of rotatable bonds is 3. The number of hydrogen-bond acceptors (Lipinski definition) is 5. The standard InChI is InChI=1S/C15H13N3O2/c16-7-11-2-3-12(6-13(11)17)18-8-10-1-4-14-15(5-10)20-9-19-14/h1-6,18H,8-9,17H2. The van der Waals surface area contributed by atoms with E-state index >= 15 is 0 Å². The van der Waals surface area contributed by atoms with Crippen LogP contribution in [0, 0.1) is 11.3 Å². The van der Waals surface area contributed by atoms with Crippen LogP contribution in [0.15, 0.2) is 36.4 Å². The van der Waals surface area contributed by atoms with E-state index in [2.05, 4.69) is 5.32 Å². The Balaban J connectivity index is 1.70. The van der Waals surface area contributed by atoms with E-state index < -0.39 is 0 Å². The minimum absolute atomic E-state index is 0.276. The van der Waals surface area contributed by atoms with Crippen molar-refractivity contribution in [1.29, 1.82) is 5.26 Å². The van der Waals surface area contributed by atoms with Crippen LogP contribution in [0.25, 0.3) is 0 Å². The highest BCUT2D eigenvalue weighted by atomic mass is 16.7. The second-order valence-corrected chi connectivity index (χ2v) is 4.46. The zero-order valence-electron chi connectivity index (χ0n) is 10.7. The number of fused-ring (bicyclic) bond motifs is 1. The first kappa shape index (κ1) is 12.2. The summed E-state index contributed by atoms with van der Waals surface area (Å²) in [4.78, 5) is 0. The Morgan fingerprint density at radius 1 is 1.15 bits per heavy atom. The SMILES string of the molecule is N#Cc1ccc(NCc2ccc3c(c2)OCO3)cc1N.